The molecule has 0 fully saturated rings. The number of ether oxygens (including phenoxy) is 1. The summed E-state index contributed by atoms with van der Waals surface area (Å²) in [5.41, 5.74) is -2.73. The van der Waals surface area contributed by atoms with E-state index in [2.05, 4.69) is 4.74 Å². The van der Waals surface area contributed by atoms with Gasteiger partial charge in [0.2, 0.25) is 0 Å². The predicted molar refractivity (Wildman–Crippen MR) is 47.8 cm³/mol. The minimum absolute atomic E-state index is 0.670. The van der Waals surface area contributed by atoms with Gasteiger partial charge in [0.25, 0.3) is 0 Å². The van der Waals surface area contributed by atoms with Gasteiger partial charge in [-0.25, -0.2) is 9.18 Å². The van der Waals surface area contributed by atoms with Gasteiger partial charge in [-0.2, -0.15) is 13.2 Å². The smallest absolute Gasteiger partial charge is 0.418 e. The summed E-state index contributed by atoms with van der Waals surface area (Å²) in [6.07, 6.45) is -4.93. The van der Waals surface area contributed by atoms with E-state index in [0.717, 1.165) is 13.2 Å². The lowest BCUT2D eigenvalue weighted by molar-refractivity contribution is -0.138. The lowest BCUT2D eigenvalue weighted by Gasteiger charge is -2.13. The second kappa shape index (κ2) is 4.29. The third kappa shape index (κ3) is 2.27. The van der Waals surface area contributed by atoms with E-state index in [0.29, 0.717) is 6.07 Å². The van der Waals surface area contributed by atoms with Crippen molar-refractivity contribution < 1.29 is 27.1 Å². The van der Waals surface area contributed by atoms with E-state index in [4.69, 9.17) is 11.6 Å². The third-order valence-electron chi connectivity index (χ3n) is 1.78. The summed E-state index contributed by atoms with van der Waals surface area (Å²) < 4.78 is 54.8. The molecule has 0 unspecified atom stereocenters. The number of hydrogen-bond donors (Lipinski definition) is 0. The standard InChI is InChI=1S/C9H5ClF4O2/c1-16-8(15)6-5(11)3-2-4(10)7(6)9(12,13)14/h2-3H,1H3. The minimum atomic E-state index is -4.93. The van der Waals surface area contributed by atoms with Gasteiger partial charge < -0.3 is 4.74 Å². The molecule has 0 N–H and O–H groups in total. The zero-order valence-electron chi connectivity index (χ0n) is 7.86. The molecule has 0 bridgehead atoms. The Morgan fingerprint density at radius 1 is 1.38 bits per heavy atom. The molecule has 0 aromatic heterocycles. The maximum Gasteiger partial charge on any atom is 0.418 e. The van der Waals surface area contributed by atoms with Crippen LogP contribution in [0.4, 0.5) is 17.6 Å². The molecule has 16 heavy (non-hydrogen) atoms. The number of halogens is 5. The Balaban J connectivity index is 3.56. The molecule has 1 aromatic carbocycles. The molecule has 0 saturated carbocycles. The van der Waals surface area contributed by atoms with Gasteiger partial charge in [0.05, 0.1) is 17.7 Å². The Bertz CT molecular complexity index is 428. The molecule has 0 aliphatic heterocycles. The average molecular weight is 257 g/mol. The Hall–Kier alpha value is -1.30. The van der Waals surface area contributed by atoms with E-state index in [1.807, 2.05) is 0 Å². The lowest BCUT2D eigenvalue weighted by atomic mass is 10.1. The van der Waals surface area contributed by atoms with Crippen LogP contribution >= 0.6 is 11.6 Å². The molecule has 0 atom stereocenters. The Kier molecular flexibility index (Phi) is 3.42. The fraction of sp³-hybridized carbons (Fsp3) is 0.222. The Morgan fingerprint density at radius 2 is 1.94 bits per heavy atom. The normalized spacial score (nSPS) is 11.4. The van der Waals surface area contributed by atoms with E-state index in [1.165, 1.54) is 0 Å². The molecule has 7 heteroatoms. The van der Waals surface area contributed by atoms with Gasteiger partial charge in [0.1, 0.15) is 11.4 Å². The molecule has 0 heterocycles. The molecule has 1 aromatic rings. The molecule has 2 nitrogen and oxygen atoms in total. The van der Waals surface area contributed by atoms with Crippen molar-refractivity contribution in [1.29, 1.82) is 0 Å². The van der Waals surface area contributed by atoms with Crippen LogP contribution in [0.1, 0.15) is 15.9 Å². The summed E-state index contributed by atoms with van der Waals surface area (Å²) in [6.45, 7) is 0. The zero-order valence-corrected chi connectivity index (χ0v) is 8.62. The number of esters is 1. The van der Waals surface area contributed by atoms with Crippen LogP contribution in [0.25, 0.3) is 0 Å². The topological polar surface area (TPSA) is 26.3 Å². The van der Waals surface area contributed by atoms with E-state index in [9.17, 15) is 22.4 Å². The number of methoxy groups -OCH3 is 1. The van der Waals surface area contributed by atoms with Gasteiger partial charge >= 0.3 is 12.1 Å². The molecule has 0 amide bonds. The van der Waals surface area contributed by atoms with Crippen LogP contribution in [0.15, 0.2) is 12.1 Å². The van der Waals surface area contributed by atoms with Gasteiger partial charge in [0.15, 0.2) is 0 Å². The zero-order chi connectivity index (χ0) is 12.5. The second-order valence-electron chi connectivity index (χ2n) is 2.77. The number of carbonyl (C=O) groups is 1. The molecule has 0 radical (unpaired) electrons. The highest BCUT2D eigenvalue weighted by Gasteiger charge is 2.39. The number of hydrogen-bond acceptors (Lipinski definition) is 2. The molecule has 0 aliphatic rings. The van der Waals surface area contributed by atoms with Crippen molar-refractivity contribution in [2.75, 3.05) is 7.11 Å². The fourth-order valence-electron chi connectivity index (χ4n) is 1.13. The predicted octanol–water partition coefficient (Wildman–Crippen LogP) is 3.28. The van der Waals surface area contributed by atoms with Crippen LogP contribution < -0.4 is 0 Å². The summed E-state index contributed by atoms with van der Waals surface area (Å²) in [5.74, 6) is -2.75. The van der Waals surface area contributed by atoms with E-state index < -0.39 is 34.1 Å². The number of benzene rings is 1. The summed E-state index contributed by atoms with van der Waals surface area (Å²) in [4.78, 5) is 11.0. The highest BCUT2D eigenvalue weighted by Crippen LogP contribution is 2.38. The van der Waals surface area contributed by atoms with Crippen molar-refractivity contribution in [2.24, 2.45) is 0 Å². The van der Waals surface area contributed by atoms with Crippen LogP contribution in [-0.2, 0) is 10.9 Å². The van der Waals surface area contributed by atoms with Crippen molar-refractivity contribution >= 4 is 17.6 Å². The first-order chi connectivity index (χ1) is 7.29. The number of carbonyl (C=O) groups excluding carboxylic acids is 1. The summed E-state index contributed by atoms with van der Waals surface area (Å²) in [5, 5.41) is -0.755. The van der Waals surface area contributed by atoms with Gasteiger partial charge in [-0.15, -0.1) is 0 Å². The number of rotatable bonds is 1. The van der Waals surface area contributed by atoms with Gasteiger partial charge in [-0.1, -0.05) is 11.6 Å². The van der Waals surface area contributed by atoms with Gasteiger partial charge in [-0.05, 0) is 12.1 Å². The maximum absolute atomic E-state index is 13.1. The summed E-state index contributed by atoms with van der Waals surface area (Å²) in [6, 6.07) is 1.40. The number of alkyl halides is 3. The average Bonchev–Trinajstić information content (AvgIpc) is 2.18. The molecule has 0 saturated heterocycles. The second-order valence-corrected chi connectivity index (χ2v) is 3.18. The maximum atomic E-state index is 13.1. The van der Waals surface area contributed by atoms with E-state index in [1.54, 1.807) is 0 Å². The third-order valence-corrected chi connectivity index (χ3v) is 2.09. The SMILES string of the molecule is COC(=O)c1c(F)ccc(Cl)c1C(F)(F)F. The van der Waals surface area contributed by atoms with E-state index >= 15 is 0 Å². The van der Waals surface area contributed by atoms with Crippen molar-refractivity contribution in [3.63, 3.8) is 0 Å². The van der Waals surface area contributed by atoms with Crippen LogP contribution in [0.5, 0.6) is 0 Å². The lowest BCUT2D eigenvalue weighted by Crippen LogP contribution is -2.16. The summed E-state index contributed by atoms with van der Waals surface area (Å²) >= 11 is 5.29. The molecular formula is C9H5ClF4O2. The first-order valence-corrected chi connectivity index (χ1v) is 4.30. The van der Waals surface area contributed by atoms with E-state index in [-0.39, 0.29) is 0 Å². The highest BCUT2D eigenvalue weighted by molar-refractivity contribution is 6.32. The first kappa shape index (κ1) is 12.8. The van der Waals surface area contributed by atoms with Crippen molar-refractivity contribution in [1.82, 2.24) is 0 Å². The molecule has 1 rings (SSSR count). The first-order valence-electron chi connectivity index (χ1n) is 3.92. The van der Waals surface area contributed by atoms with Crippen LogP contribution in [0.2, 0.25) is 5.02 Å². The monoisotopic (exact) mass is 256 g/mol. The van der Waals surface area contributed by atoms with Crippen LogP contribution in [0.3, 0.4) is 0 Å². The molecular weight excluding hydrogens is 252 g/mol. The molecule has 0 aliphatic carbocycles. The molecule has 0 spiro atoms. The van der Waals surface area contributed by atoms with Crippen molar-refractivity contribution in [3.8, 4) is 0 Å². The fourth-order valence-corrected chi connectivity index (χ4v) is 1.40. The Morgan fingerprint density at radius 3 is 2.38 bits per heavy atom. The molecule has 88 valence electrons. The van der Waals surface area contributed by atoms with Gasteiger partial charge in [-0.3, -0.25) is 0 Å². The quantitative estimate of drug-likeness (QED) is 0.569. The van der Waals surface area contributed by atoms with Gasteiger partial charge in [0, 0.05) is 0 Å². The van der Waals surface area contributed by atoms with Crippen LogP contribution in [-0.4, -0.2) is 13.1 Å². The largest absolute Gasteiger partial charge is 0.465 e. The highest BCUT2D eigenvalue weighted by atomic mass is 35.5. The Labute approximate surface area is 92.8 Å². The van der Waals surface area contributed by atoms with Crippen LogP contribution in [0, 0.1) is 5.82 Å². The van der Waals surface area contributed by atoms with Crippen molar-refractivity contribution in [3.05, 3.63) is 34.1 Å². The summed E-state index contributed by atoms with van der Waals surface area (Å²) in [7, 11) is 0.850. The minimum Gasteiger partial charge on any atom is -0.465 e. The van der Waals surface area contributed by atoms with Crippen molar-refractivity contribution in [2.45, 2.75) is 6.18 Å².